The number of nitrogens with one attached hydrogen (secondary N) is 1. The lowest BCUT2D eigenvalue weighted by Crippen LogP contribution is -2.25. The summed E-state index contributed by atoms with van der Waals surface area (Å²) in [5, 5.41) is 7.47. The Morgan fingerprint density at radius 3 is 2.71 bits per heavy atom. The fourth-order valence-corrected chi connectivity index (χ4v) is 3.18. The molecular formula is C17H21N3O. The van der Waals surface area contributed by atoms with Crippen molar-refractivity contribution in [3.8, 4) is 0 Å². The van der Waals surface area contributed by atoms with Crippen LogP contribution in [0.25, 0.3) is 0 Å². The van der Waals surface area contributed by atoms with Crippen molar-refractivity contribution >= 4 is 0 Å². The van der Waals surface area contributed by atoms with Crippen molar-refractivity contribution in [3.63, 3.8) is 0 Å². The van der Waals surface area contributed by atoms with Gasteiger partial charge in [0, 0.05) is 6.54 Å². The number of hydrogen-bond acceptors (Lipinski definition) is 4. The zero-order valence-electron chi connectivity index (χ0n) is 12.2. The van der Waals surface area contributed by atoms with Crippen LogP contribution in [0.5, 0.6) is 0 Å². The van der Waals surface area contributed by atoms with Gasteiger partial charge in [0.1, 0.15) is 0 Å². The van der Waals surface area contributed by atoms with Crippen LogP contribution in [0, 0.1) is 0 Å². The highest BCUT2D eigenvalue weighted by molar-refractivity contribution is 5.33. The zero-order valence-corrected chi connectivity index (χ0v) is 12.2. The summed E-state index contributed by atoms with van der Waals surface area (Å²) in [5.41, 5.74) is 1.23. The Morgan fingerprint density at radius 1 is 1.24 bits per heavy atom. The molecule has 1 fully saturated rings. The fraction of sp³-hybridized carbons (Fsp3) is 0.412. The van der Waals surface area contributed by atoms with E-state index >= 15 is 0 Å². The maximum atomic E-state index is 5.41. The molecule has 1 saturated carbocycles. The first-order chi connectivity index (χ1) is 10.3. The second kappa shape index (κ2) is 6.22. The lowest BCUT2D eigenvalue weighted by Gasteiger charge is -2.25. The average molecular weight is 283 g/mol. The summed E-state index contributed by atoms with van der Waals surface area (Å²) >= 11 is 0. The summed E-state index contributed by atoms with van der Waals surface area (Å²) in [5.74, 6) is 1.48. The van der Waals surface area contributed by atoms with Gasteiger partial charge in [-0.05, 0) is 18.4 Å². The Labute approximate surface area is 125 Å². The molecule has 1 aliphatic carbocycles. The van der Waals surface area contributed by atoms with Crippen molar-refractivity contribution in [2.45, 2.75) is 37.6 Å². The van der Waals surface area contributed by atoms with E-state index in [1.165, 1.54) is 18.4 Å². The molecule has 110 valence electrons. The van der Waals surface area contributed by atoms with E-state index in [2.05, 4.69) is 46.3 Å². The standard InChI is InChI=1S/C17H21N3O/c1-2-12-18-13-15-19-16(20-21-15)17(10-6-7-11-17)14-8-4-3-5-9-14/h2-5,8-9,18H,1,6-7,10-13H2. The number of nitrogens with zero attached hydrogens (tertiary/aromatic N) is 2. The highest BCUT2D eigenvalue weighted by Gasteiger charge is 2.41. The summed E-state index contributed by atoms with van der Waals surface area (Å²) in [6.45, 7) is 5.01. The molecule has 0 bridgehead atoms. The van der Waals surface area contributed by atoms with Crippen LogP contribution in [0.15, 0.2) is 47.5 Å². The zero-order chi connectivity index (χ0) is 14.5. The first kappa shape index (κ1) is 14.0. The van der Waals surface area contributed by atoms with Crippen LogP contribution >= 0.6 is 0 Å². The lowest BCUT2D eigenvalue weighted by atomic mass is 9.78. The number of rotatable bonds is 6. The van der Waals surface area contributed by atoms with Crippen molar-refractivity contribution in [2.75, 3.05) is 6.54 Å². The predicted molar refractivity (Wildman–Crippen MR) is 81.9 cm³/mol. The van der Waals surface area contributed by atoms with Crippen molar-refractivity contribution in [1.82, 2.24) is 15.5 Å². The molecule has 4 heteroatoms. The molecule has 2 aromatic rings. The van der Waals surface area contributed by atoms with Crippen molar-refractivity contribution < 1.29 is 4.52 Å². The van der Waals surface area contributed by atoms with Crippen LogP contribution in [0.1, 0.15) is 43.0 Å². The molecule has 1 heterocycles. The summed E-state index contributed by atoms with van der Waals surface area (Å²) in [4.78, 5) is 4.64. The first-order valence-electron chi connectivity index (χ1n) is 7.55. The minimum atomic E-state index is -0.0680. The number of aromatic nitrogens is 2. The van der Waals surface area contributed by atoms with Gasteiger partial charge in [-0.2, -0.15) is 4.98 Å². The molecule has 1 aromatic heterocycles. The van der Waals surface area contributed by atoms with E-state index in [1.54, 1.807) is 0 Å². The van der Waals surface area contributed by atoms with E-state index in [0.717, 1.165) is 25.2 Å². The molecule has 0 atom stereocenters. The monoisotopic (exact) mass is 283 g/mol. The predicted octanol–water partition coefficient (Wildman–Crippen LogP) is 3.21. The summed E-state index contributed by atoms with van der Waals surface area (Å²) in [6.07, 6.45) is 6.44. The Hall–Kier alpha value is -1.94. The quantitative estimate of drug-likeness (QED) is 0.653. The number of benzene rings is 1. The van der Waals surface area contributed by atoms with Gasteiger partial charge in [-0.25, -0.2) is 0 Å². The molecule has 3 rings (SSSR count). The van der Waals surface area contributed by atoms with Gasteiger partial charge in [0.25, 0.3) is 0 Å². The Bertz CT molecular complexity index is 585. The minimum Gasteiger partial charge on any atom is -0.338 e. The molecule has 0 unspecified atom stereocenters. The van der Waals surface area contributed by atoms with E-state index in [-0.39, 0.29) is 5.41 Å². The van der Waals surface area contributed by atoms with Gasteiger partial charge in [0.05, 0.1) is 12.0 Å². The Morgan fingerprint density at radius 2 is 2.00 bits per heavy atom. The van der Waals surface area contributed by atoms with Gasteiger partial charge < -0.3 is 9.84 Å². The Balaban J connectivity index is 1.86. The topological polar surface area (TPSA) is 51.0 Å². The molecule has 0 saturated heterocycles. The molecule has 0 spiro atoms. The SMILES string of the molecule is C=CCNCc1nc(C2(c3ccccc3)CCCC2)no1. The van der Waals surface area contributed by atoms with Gasteiger partial charge in [-0.3, -0.25) is 0 Å². The normalized spacial score (nSPS) is 17.0. The summed E-state index contributed by atoms with van der Waals surface area (Å²) in [7, 11) is 0. The first-order valence-corrected chi connectivity index (χ1v) is 7.55. The van der Waals surface area contributed by atoms with Gasteiger partial charge in [-0.1, -0.05) is 54.4 Å². The van der Waals surface area contributed by atoms with Crippen LogP contribution in [0.2, 0.25) is 0 Å². The minimum absolute atomic E-state index is 0.0680. The van der Waals surface area contributed by atoms with Gasteiger partial charge in [0.2, 0.25) is 5.89 Å². The molecule has 0 aliphatic heterocycles. The third kappa shape index (κ3) is 2.76. The molecule has 0 radical (unpaired) electrons. The third-order valence-corrected chi connectivity index (χ3v) is 4.24. The van der Waals surface area contributed by atoms with Crippen LogP contribution in [-0.2, 0) is 12.0 Å². The molecule has 0 amide bonds. The average Bonchev–Trinajstić information content (AvgIpc) is 3.18. The van der Waals surface area contributed by atoms with Crippen molar-refractivity contribution in [2.24, 2.45) is 0 Å². The van der Waals surface area contributed by atoms with Gasteiger partial charge >= 0.3 is 0 Å². The molecular weight excluding hydrogens is 262 g/mol. The molecule has 4 nitrogen and oxygen atoms in total. The van der Waals surface area contributed by atoms with E-state index in [1.807, 2.05) is 12.1 Å². The third-order valence-electron chi connectivity index (χ3n) is 4.24. The van der Waals surface area contributed by atoms with E-state index in [0.29, 0.717) is 12.4 Å². The highest BCUT2D eigenvalue weighted by Crippen LogP contribution is 2.44. The van der Waals surface area contributed by atoms with E-state index < -0.39 is 0 Å². The maximum Gasteiger partial charge on any atom is 0.240 e. The van der Waals surface area contributed by atoms with Crippen LogP contribution in [0.3, 0.4) is 0 Å². The summed E-state index contributed by atoms with van der Waals surface area (Å²) in [6, 6.07) is 10.6. The van der Waals surface area contributed by atoms with Gasteiger partial charge in [0.15, 0.2) is 5.82 Å². The molecule has 1 aliphatic rings. The second-order valence-electron chi connectivity index (χ2n) is 5.59. The van der Waals surface area contributed by atoms with Crippen molar-refractivity contribution in [3.05, 3.63) is 60.3 Å². The number of hydrogen-bond donors (Lipinski definition) is 1. The molecule has 1 aromatic carbocycles. The van der Waals surface area contributed by atoms with Crippen LogP contribution < -0.4 is 5.32 Å². The van der Waals surface area contributed by atoms with Crippen LogP contribution in [0.4, 0.5) is 0 Å². The smallest absolute Gasteiger partial charge is 0.240 e. The van der Waals surface area contributed by atoms with Crippen LogP contribution in [-0.4, -0.2) is 16.7 Å². The van der Waals surface area contributed by atoms with Crippen molar-refractivity contribution in [1.29, 1.82) is 0 Å². The van der Waals surface area contributed by atoms with E-state index in [9.17, 15) is 0 Å². The fourth-order valence-electron chi connectivity index (χ4n) is 3.18. The second-order valence-corrected chi connectivity index (χ2v) is 5.59. The largest absolute Gasteiger partial charge is 0.338 e. The summed E-state index contributed by atoms with van der Waals surface area (Å²) < 4.78 is 5.41. The molecule has 21 heavy (non-hydrogen) atoms. The Kier molecular flexibility index (Phi) is 4.15. The van der Waals surface area contributed by atoms with Gasteiger partial charge in [-0.15, -0.1) is 6.58 Å². The highest BCUT2D eigenvalue weighted by atomic mass is 16.5. The lowest BCUT2D eigenvalue weighted by molar-refractivity contribution is 0.353. The maximum absolute atomic E-state index is 5.41. The van der Waals surface area contributed by atoms with E-state index in [4.69, 9.17) is 4.52 Å². The molecule has 1 N–H and O–H groups in total.